The maximum Gasteiger partial charge on any atom is 0.217 e. The summed E-state index contributed by atoms with van der Waals surface area (Å²) in [5.41, 5.74) is 8.90. The Labute approximate surface area is 163 Å². The lowest BCUT2D eigenvalue weighted by atomic mass is 9.97. The van der Waals surface area contributed by atoms with Crippen LogP contribution in [0.15, 0.2) is 48.5 Å². The fourth-order valence-corrected chi connectivity index (χ4v) is 2.96. The van der Waals surface area contributed by atoms with Gasteiger partial charge in [-0.15, -0.1) is 0 Å². The van der Waals surface area contributed by atoms with Gasteiger partial charge in [0.25, 0.3) is 0 Å². The van der Waals surface area contributed by atoms with Crippen molar-refractivity contribution in [3.8, 4) is 5.75 Å². The maximum absolute atomic E-state index is 11.0. The number of unbranched alkanes of at least 4 members (excludes halogenated alkanes) is 1. The fraction of sp³-hybridized carbons (Fsp3) is 0.375. The highest BCUT2D eigenvalue weighted by atomic mass is 16.5. The van der Waals surface area contributed by atoms with E-state index in [0.717, 1.165) is 30.6 Å². The second kappa shape index (κ2) is 11.2. The summed E-state index contributed by atoms with van der Waals surface area (Å²) in [4.78, 5) is 11.0. The number of aryl methyl sites for hydroxylation is 1. The SMILES string of the molecule is CC(C)Cc1cc[c]cc1C=CCCCOc1ccccc1CCC(N)=O. The van der Waals surface area contributed by atoms with Crippen molar-refractivity contribution in [2.24, 2.45) is 11.7 Å². The molecule has 27 heavy (non-hydrogen) atoms. The van der Waals surface area contributed by atoms with Gasteiger partial charge < -0.3 is 10.5 Å². The third kappa shape index (κ3) is 7.69. The number of allylic oxidation sites excluding steroid dienone is 1. The molecule has 0 aliphatic rings. The molecule has 0 heterocycles. The number of hydrogen-bond acceptors (Lipinski definition) is 2. The van der Waals surface area contributed by atoms with Crippen LogP contribution in [0.4, 0.5) is 0 Å². The molecule has 0 aliphatic heterocycles. The number of hydrogen-bond donors (Lipinski definition) is 1. The summed E-state index contributed by atoms with van der Waals surface area (Å²) in [6.45, 7) is 5.13. The van der Waals surface area contributed by atoms with Crippen LogP contribution < -0.4 is 10.5 Å². The molecule has 2 aromatic rings. The highest BCUT2D eigenvalue weighted by molar-refractivity contribution is 5.74. The van der Waals surface area contributed by atoms with E-state index in [0.29, 0.717) is 25.4 Å². The van der Waals surface area contributed by atoms with Crippen LogP contribution >= 0.6 is 0 Å². The zero-order chi connectivity index (χ0) is 19.5. The smallest absolute Gasteiger partial charge is 0.217 e. The van der Waals surface area contributed by atoms with Crippen molar-refractivity contribution in [3.63, 3.8) is 0 Å². The molecule has 143 valence electrons. The van der Waals surface area contributed by atoms with Crippen molar-refractivity contribution >= 4 is 12.0 Å². The van der Waals surface area contributed by atoms with E-state index in [9.17, 15) is 4.79 Å². The van der Waals surface area contributed by atoms with Gasteiger partial charge in [0.15, 0.2) is 0 Å². The number of primary amides is 1. The predicted molar refractivity (Wildman–Crippen MR) is 112 cm³/mol. The van der Waals surface area contributed by atoms with Gasteiger partial charge in [-0.2, -0.15) is 0 Å². The van der Waals surface area contributed by atoms with Gasteiger partial charge in [-0.1, -0.05) is 56.3 Å². The molecule has 0 spiro atoms. The van der Waals surface area contributed by atoms with E-state index in [4.69, 9.17) is 10.5 Å². The van der Waals surface area contributed by atoms with Gasteiger partial charge >= 0.3 is 0 Å². The molecule has 2 aromatic carbocycles. The van der Waals surface area contributed by atoms with E-state index in [1.54, 1.807) is 0 Å². The van der Waals surface area contributed by atoms with Crippen molar-refractivity contribution in [1.29, 1.82) is 0 Å². The summed E-state index contributed by atoms with van der Waals surface area (Å²) in [6, 6.07) is 17.2. The van der Waals surface area contributed by atoms with Crippen LogP contribution in [0.5, 0.6) is 5.75 Å². The molecule has 1 radical (unpaired) electrons. The Bertz CT molecular complexity index is 750. The van der Waals surface area contributed by atoms with Crippen LogP contribution in [0, 0.1) is 12.0 Å². The Morgan fingerprint density at radius 1 is 1.22 bits per heavy atom. The van der Waals surface area contributed by atoms with Crippen molar-refractivity contribution in [3.05, 3.63) is 71.3 Å². The lowest BCUT2D eigenvalue weighted by Crippen LogP contribution is -2.11. The minimum Gasteiger partial charge on any atom is -0.493 e. The Kier molecular flexibility index (Phi) is 8.63. The van der Waals surface area contributed by atoms with Gasteiger partial charge in [0.2, 0.25) is 5.91 Å². The average molecular weight is 365 g/mol. The quantitative estimate of drug-likeness (QED) is 0.572. The Morgan fingerprint density at radius 3 is 2.81 bits per heavy atom. The number of rotatable bonds is 11. The Hall–Kier alpha value is -2.55. The van der Waals surface area contributed by atoms with E-state index < -0.39 is 0 Å². The molecule has 0 fully saturated rings. The fourth-order valence-electron chi connectivity index (χ4n) is 2.96. The van der Waals surface area contributed by atoms with Gasteiger partial charge in [-0.25, -0.2) is 0 Å². The first-order valence-electron chi connectivity index (χ1n) is 9.70. The van der Waals surface area contributed by atoms with E-state index in [1.807, 2.05) is 30.3 Å². The normalized spacial score (nSPS) is 11.2. The number of benzene rings is 2. The molecular formula is C24H30NO2. The number of amides is 1. The molecule has 0 saturated carbocycles. The molecule has 0 saturated heterocycles. The summed E-state index contributed by atoms with van der Waals surface area (Å²) in [6.07, 6.45) is 8.34. The van der Waals surface area contributed by atoms with Gasteiger partial charge in [0.05, 0.1) is 6.61 Å². The second-order valence-electron chi connectivity index (χ2n) is 7.19. The highest BCUT2D eigenvalue weighted by Gasteiger charge is 2.05. The molecule has 0 aliphatic carbocycles. The van der Waals surface area contributed by atoms with Gasteiger partial charge in [0, 0.05) is 6.42 Å². The molecule has 3 nitrogen and oxygen atoms in total. The van der Waals surface area contributed by atoms with Gasteiger partial charge in [-0.05, 0) is 66.5 Å². The van der Waals surface area contributed by atoms with E-state index in [2.05, 4.69) is 44.2 Å². The van der Waals surface area contributed by atoms with Crippen molar-refractivity contribution in [2.45, 2.75) is 46.0 Å². The summed E-state index contributed by atoms with van der Waals surface area (Å²) in [5, 5.41) is 0. The molecule has 0 bridgehead atoms. The predicted octanol–water partition coefficient (Wildman–Crippen LogP) is 4.98. The number of carbonyl (C=O) groups is 1. The first-order chi connectivity index (χ1) is 13.1. The average Bonchev–Trinajstić information content (AvgIpc) is 2.64. The molecule has 0 unspecified atom stereocenters. The van der Waals surface area contributed by atoms with Crippen LogP contribution in [0.25, 0.3) is 6.08 Å². The van der Waals surface area contributed by atoms with Crippen molar-refractivity contribution < 1.29 is 9.53 Å². The van der Waals surface area contributed by atoms with Crippen LogP contribution in [-0.2, 0) is 17.6 Å². The first-order valence-corrected chi connectivity index (χ1v) is 9.70. The standard InChI is InChI=1S/C24H30NO2/c1-19(2)18-22-13-6-5-11-20(22)10-4-3-9-17-27-23-14-8-7-12-21(23)15-16-24(25)26/h4,6-8,10-14,19H,3,9,15-18H2,1-2H3,(H2,25,26). The number of ether oxygens (including phenoxy) is 1. The van der Waals surface area contributed by atoms with Gasteiger partial charge in [-0.3, -0.25) is 4.79 Å². The third-order valence-electron chi connectivity index (χ3n) is 4.30. The summed E-state index contributed by atoms with van der Waals surface area (Å²) < 4.78 is 5.91. The monoisotopic (exact) mass is 364 g/mol. The Morgan fingerprint density at radius 2 is 2.04 bits per heavy atom. The molecule has 1 amide bonds. The number of nitrogens with two attached hydrogens (primary N) is 1. The van der Waals surface area contributed by atoms with Crippen molar-refractivity contribution in [2.75, 3.05) is 6.61 Å². The molecular weight excluding hydrogens is 334 g/mol. The first kappa shape index (κ1) is 20.8. The van der Waals surface area contributed by atoms with Crippen LogP contribution in [-0.4, -0.2) is 12.5 Å². The summed E-state index contributed by atoms with van der Waals surface area (Å²) in [7, 11) is 0. The highest BCUT2D eigenvalue weighted by Crippen LogP contribution is 2.20. The second-order valence-corrected chi connectivity index (χ2v) is 7.19. The lowest BCUT2D eigenvalue weighted by Gasteiger charge is -2.10. The summed E-state index contributed by atoms with van der Waals surface area (Å²) in [5.74, 6) is 1.20. The largest absolute Gasteiger partial charge is 0.493 e. The zero-order valence-corrected chi connectivity index (χ0v) is 16.4. The van der Waals surface area contributed by atoms with E-state index in [-0.39, 0.29) is 5.91 Å². The number of carbonyl (C=O) groups excluding carboxylic acids is 1. The van der Waals surface area contributed by atoms with E-state index in [1.165, 1.54) is 11.1 Å². The van der Waals surface area contributed by atoms with Crippen LogP contribution in [0.2, 0.25) is 0 Å². The molecule has 2 N–H and O–H groups in total. The zero-order valence-electron chi connectivity index (χ0n) is 16.4. The molecule has 0 atom stereocenters. The van der Waals surface area contributed by atoms with Crippen molar-refractivity contribution in [1.82, 2.24) is 0 Å². The minimum atomic E-state index is -0.287. The van der Waals surface area contributed by atoms with E-state index >= 15 is 0 Å². The molecule has 0 aromatic heterocycles. The molecule has 2 rings (SSSR count). The maximum atomic E-state index is 11.0. The van der Waals surface area contributed by atoms with Crippen LogP contribution in [0.1, 0.15) is 49.8 Å². The lowest BCUT2D eigenvalue weighted by molar-refractivity contribution is -0.117. The van der Waals surface area contributed by atoms with Crippen LogP contribution in [0.3, 0.4) is 0 Å². The van der Waals surface area contributed by atoms with Gasteiger partial charge in [0.1, 0.15) is 5.75 Å². The number of para-hydroxylation sites is 1. The Balaban J connectivity index is 1.80. The summed E-state index contributed by atoms with van der Waals surface area (Å²) >= 11 is 0. The topological polar surface area (TPSA) is 52.3 Å². The minimum absolute atomic E-state index is 0.287. The molecule has 3 heteroatoms. The third-order valence-corrected chi connectivity index (χ3v) is 4.30.